The quantitative estimate of drug-likeness (QED) is 0.175. The summed E-state index contributed by atoms with van der Waals surface area (Å²) in [6, 6.07) is 66.4. The molecule has 1 spiro atoms. The molecule has 0 saturated carbocycles. The highest BCUT2D eigenvalue weighted by atomic mass is 16.5. The summed E-state index contributed by atoms with van der Waals surface area (Å²) in [7, 11) is 0. The van der Waals surface area contributed by atoms with Gasteiger partial charge in [0.15, 0.2) is 17.5 Å². The van der Waals surface area contributed by atoms with Gasteiger partial charge in [0.05, 0.1) is 5.41 Å². The molecule has 282 valence electrons. The standard InChI is InChI=1S/C56H37N3O/c1-3-16-36(17-4-1)41-31-32-46(43-23-8-7-22-42(41)43)55-58-53(37-18-5-2-6-19-37)57-54(59-55)40-21-15-20-38(34-40)39-30-33-50-52(35-39)60-51-29-14-13-28-49(51)56(50)47-26-11-9-24-44(47)45-25-10-12-27-48(45)56/h1-35,44,47H. The normalized spacial score (nSPS) is 18.1. The van der Waals surface area contributed by atoms with E-state index >= 15 is 0 Å². The second-order valence-corrected chi connectivity index (χ2v) is 15.9. The van der Waals surface area contributed by atoms with E-state index < -0.39 is 0 Å². The Morgan fingerprint density at radius 1 is 0.383 bits per heavy atom. The Morgan fingerprint density at radius 3 is 1.80 bits per heavy atom. The van der Waals surface area contributed by atoms with Crippen molar-refractivity contribution in [3.05, 3.63) is 235 Å². The Morgan fingerprint density at radius 2 is 0.967 bits per heavy atom. The molecule has 0 N–H and O–H groups in total. The third kappa shape index (κ3) is 5.27. The Hall–Kier alpha value is -7.69. The lowest BCUT2D eigenvalue weighted by molar-refractivity contribution is 0.374. The van der Waals surface area contributed by atoms with Crippen molar-refractivity contribution in [3.8, 4) is 67.9 Å². The molecule has 1 aliphatic heterocycles. The Labute approximate surface area is 348 Å². The second kappa shape index (κ2) is 13.7. The summed E-state index contributed by atoms with van der Waals surface area (Å²) in [5.41, 5.74) is 12.0. The van der Waals surface area contributed by atoms with Crippen LogP contribution in [0.5, 0.6) is 11.5 Å². The van der Waals surface area contributed by atoms with Gasteiger partial charge in [0.2, 0.25) is 0 Å². The average Bonchev–Trinajstić information content (AvgIpc) is 3.62. The van der Waals surface area contributed by atoms with E-state index in [1.54, 1.807) is 0 Å². The van der Waals surface area contributed by atoms with E-state index in [1.165, 1.54) is 33.4 Å². The SMILES string of the molecule is C1=CC2c3ccccc3C3(c4ccccc4Oc4cc(-c5cccc(-c6nc(-c7ccccc7)nc(-c7ccc(-c8ccccc8)c8ccccc78)n6)c5)ccc43)C2C=C1. The van der Waals surface area contributed by atoms with E-state index in [4.69, 9.17) is 19.7 Å². The minimum atomic E-state index is -0.383. The van der Waals surface area contributed by atoms with E-state index in [9.17, 15) is 0 Å². The van der Waals surface area contributed by atoms with Gasteiger partial charge >= 0.3 is 0 Å². The summed E-state index contributed by atoms with van der Waals surface area (Å²) in [5, 5.41) is 2.24. The van der Waals surface area contributed by atoms with E-state index in [1.807, 2.05) is 18.2 Å². The van der Waals surface area contributed by atoms with Gasteiger partial charge in [-0.3, -0.25) is 0 Å². The van der Waals surface area contributed by atoms with E-state index in [-0.39, 0.29) is 17.3 Å². The van der Waals surface area contributed by atoms with Crippen LogP contribution in [-0.4, -0.2) is 15.0 Å². The van der Waals surface area contributed by atoms with Gasteiger partial charge in [-0.15, -0.1) is 0 Å². The number of hydrogen-bond donors (Lipinski definition) is 0. The number of allylic oxidation sites excluding steroid dienone is 4. The van der Waals surface area contributed by atoms with E-state index in [0.717, 1.165) is 50.1 Å². The molecule has 0 amide bonds. The monoisotopic (exact) mass is 767 g/mol. The largest absolute Gasteiger partial charge is 0.457 e. The van der Waals surface area contributed by atoms with Gasteiger partial charge in [0, 0.05) is 39.7 Å². The van der Waals surface area contributed by atoms with Crippen molar-refractivity contribution in [2.75, 3.05) is 0 Å². The van der Waals surface area contributed by atoms with Gasteiger partial charge < -0.3 is 4.74 Å². The van der Waals surface area contributed by atoms with Gasteiger partial charge in [-0.2, -0.15) is 0 Å². The smallest absolute Gasteiger partial charge is 0.164 e. The second-order valence-electron chi connectivity index (χ2n) is 15.9. The molecule has 1 aromatic heterocycles. The fourth-order valence-corrected chi connectivity index (χ4v) is 10.1. The van der Waals surface area contributed by atoms with Crippen LogP contribution in [-0.2, 0) is 5.41 Å². The Bertz CT molecular complexity index is 3210. The van der Waals surface area contributed by atoms with Crippen LogP contribution in [0.15, 0.2) is 212 Å². The molecule has 60 heavy (non-hydrogen) atoms. The molecular weight excluding hydrogens is 731 g/mol. The minimum absolute atomic E-state index is 0.224. The molecule has 0 fully saturated rings. The molecule has 3 atom stereocenters. The third-order valence-electron chi connectivity index (χ3n) is 12.7. The molecule has 3 unspecified atom stereocenters. The van der Waals surface area contributed by atoms with E-state index in [2.05, 4.69) is 194 Å². The number of aromatic nitrogens is 3. The summed E-state index contributed by atoms with van der Waals surface area (Å²) in [4.78, 5) is 15.5. The maximum atomic E-state index is 6.86. The number of fused-ring (bicyclic) bond motifs is 10. The zero-order valence-electron chi connectivity index (χ0n) is 32.6. The molecule has 2 aliphatic carbocycles. The summed E-state index contributed by atoms with van der Waals surface area (Å²) < 4.78 is 6.86. The van der Waals surface area contributed by atoms with Crippen LogP contribution in [0.1, 0.15) is 28.2 Å². The van der Waals surface area contributed by atoms with Crippen molar-refractivity contribution in [2.24, 2.45) is 5.92 Å². The Kier molecular flexibility index (Phi) is 7.85. The summed E-state index contributed by atoms with van der Waals surface area (Å²) in [5.74, 6) is 4.18. The van der Waals surface area contributed by atoms with Gasteiger partial charge in [-0.25, -0.2) is 15.0 Å². The lowest BCUT2D eigenvalue weighted by Crippen LogP contribution is -2.37. The average molecular weight is 768 g/mol. The van der Waals surface area contributed by atoms with Gasteiger partial charge in [0.1, 0.15) is 11.5 Å². The predicted octanol–water partition coefficient (Wildman–Crippen LogP) is 13.6. The van der Waals surface area contributed by atoms with Crippen molar-refractivity contribution in [1.29, 1.82) is 0 Å². The molecule has 9 aromatic rings. The molecule has 0 saturated heterocycles. The highest BCUT2D eigenvalue weighted by Gasteiger charge is 2.56. The molecule has 2 heterocycles. The lowest BCUT2D eigenvalue weighted by Gasteiger charge is -2.43. The van der Waals surface area contributed by atoms with Crippen molar-refractivity contribution < 1.29 is 4.74 Å². The first-order valence-electron chi connectivity index (χ1n) is 20.6. The van der Waals surface area contributed by atoms with Crippen molar-refractivity contribution in [3.63, 3.8) is 0 Å². The number of para-hydroxylation sites is 1. The number of rotatable bonds is 5. The lowest BCUT2D eigenvalue weighted by atomic mass is 9.62. The zero-order valence-corrected chi connectivity index (χ0v) is 32.6. The molecule has 4 heteroatoms. The van der Waals surface area contributed by atoms with Gasteiger partial charge in [-0.05, 0) is 68.4 Å². The first kappa shape index (κ1) is 34.4. The highest BCUT2D eigenvalue weighted by molar-refractivity contribution is 6.04. The van der Waals surface area contributed by atoms with Crippen LogP contribution in [0.3, 0.4) is 0 Å². The molecule has 8 aromatic carbocycles. The molecular formula is C56H37N3O. The van der Waals surface area contributed by atoms with Crippen molar-refractivity contribution >= 4 is 10.8 Å². The van der Waals surface area contributed by atoms with Crippen LogP contribution >= 0.6 is 0 Å². The maximum Gasteiger partial charge on any atom is 0.164 e. The van der Waals surface area contributed by atoms with E-state index in [0.29, 0.717) is 17.5 Å². The zero-order chi connectivity index (χ0) is 39.6. The molecule has 4 nitrogen and oxygen atoms in total. The molecule has 0 bridgehead atoms. The molecule has 12 rings (SSSR count). The van der Waals surface area contributed by atoms with Crippen LogP contribution < -0.4 is 4.74 Å². The summed E-state index contributed by atoms with van der Waals surface area (Å²) in [6.07, 6.45) is 9.18. The highest BCUT2D eigenvalue weighted by Crippen LogP contribution is 2.64. The number of hydrogen-bond acceptors (Lipinski definition) is 4. The van der Waals surface area contributed by atoms with Gasteiger partial charge in [0.25, 0.3) is 0 Å². The van der Waals surface area contributed by atoms with Crippen LogP contribution in [0, 0.1) is 5.92 Å². The topological polar surface area (TPSA) is 47.9 Å². The van der Waals surface area contributed by atoms with Gasteiger partial charge in [-0.1, -0.05) is 188 Å². The summed E-state index contributed by atoms with van der Waals surface area (Å²) >= 11 is 0. The predicted molar refractivity (Wildman–Crippen MR) is 242 cm³/mol. The van der Waals surface area contributed by atoms with Crippen LogP contribution in [0.25, 0.3) is 67.2 Å². The molecule has 3 aliphatic rings. The number of nitrogens with zero attached hydrogens (tertiary/aromatic N) is 3. The van der Waals surface area contributed by atoms with Crippen LogP contribution in [0.4, 0.5) is 0 Å². The fourth-order valence-electron chi connectivity index (χ4n) is 10.1. The third-order valence-corrected chi connectivity index (χ3v) is 12.7. The summed E-state index contributed by atoms with van der Waals surface area (Å²) in [6.45, 7) is 0. The molecule has 0 radical (unpaired) electrons. The number of ether oxygens (including phenoxy) is 1. The van der Waals surface area contributed by atoms with Crippen LogP contribution in [0.2, 0.25) is 0 Å². The fraction of sp³-hybridized carbons (Fsp3) is 0.0536. The minimum Gasteiger partial charge on any atom is -0.457 e. The number of benzene rings is 8. The van der Waals surface area contributed by atoms with Crippen molar-refractivity contribution in [1.82, 2.24) is 15.0 Å². The Balaban J connectivity index is 0.993. The first-order valence-corrected chi connectivity index (χ1v) is 20.6. The maximum absolute atomic E-state index is 6.86. The first-order chi connectivity index (χ1) is 29.7. The van der Waals surface area contributed by atoms with Crippen molar-refractivity contribution in [2.45, 2.75) is 11.3 Å².